The van der Waals surface area contributed by atoms with E-state index in [0.717, 1.165) is 0 Å². The molecular formula is C10H13BrN2O2. The van der Waals surface area contributed by atoms with Crippen LogP contribution in [0.3, 0.4) is 0 Å². The molecule has 4 nitrogen and oxygen atoms in total. The Morgan fingerprint density at radius 2 is 2.27 bits per heavy atom. The summed E-state index contributed by atoms with van der Waals surface area (Å²) in [5.74, 6) is -0.360. The zero-order valence-electron chi connectivity index (χ0n) is 8.63. The van der Waals surface area contributed by atoms with Crippen LogP contribution in [0.4, 0.5) is 0 Å². The second-order valence-electron chi connectivity index (χ2n) is 3.89. The van der Waals surface area contributed by atoms with E-state index in [1.165, 1.54) is 18.5 Å². The molecule has 1 heterocycles. The lowest BCUT2D eigenvalue weighted by atomic mass is 10.1. The molecule has 0 aliphatic rings. The van der Waals surface area contributed by atoms with Crippen LogP contribution in [0.1, 0.15) is 24.2 Å². The van der Waals surface area contributed by atoms with Crippen molar-refractivity contribution in [1.29, 1.82) is 0 Å². The largest absolute Gasteiger partial charge is 0.367 e. The number of aromatic amines is 1. The van der Waals surface area contributed by atoms with Crippen LogP contribution in [0.25, 0.3) is 0 Å². The molecule has 0 aliphatic carbocycles. The Morgan fingerprint density at radius 3 is 2.80 bits per heavy atom. The van der Waals surface area contributed by atoms with Crippen molar-refractivity contribution in [2.24, 2.45) is 0 Å². The van der Waals surface area contributed by atoms with Crippen LogP contribution in [0, 0.1) is 0 Å². The van der Waals surface area contributed by atoms with E-state index in [4.69, 9.17) is 0 Å². The summed E-state index contributed by atoms with van der Waals surface area (Å²) in [6.07, 6.45) is 2.90. The van der Waals surface area contributed by atoms with Gasteiger partial charge in [-0.1, -0.05) is 15.9 Å². The van der Waals surface area contributed by atoms with Gasteiger partial charge in [0.05, 0.1) is 0 Å². The van der Waals surface area contributed by atoms with Crippen molar-refractivity contribution in [3.63, 3.8) is 0 Å². The number of H-pyrrole nitrogens is 1. The third kappa shape index (κ3) is 3.20. The van der Waals surface area contributed by atoms with Crippen LogP contribution in [0.15, 0.2) is 23.3 Å². The van der Waals surface area contributed by atoms with E-state index in [1.54, 1.807) is 0 Å². The predicted octanol–water partition coefficient (Wildman–Crippen LogP) is 1.28. The van der Waals surface area contributed by atoms with Crippen LogP contribution >= 0.6 is 15.9 Å². The van der Waals surface area contributed by atoms with E-state index < -0.39 is 0 Å². The summed E-state index contributed by atoms with van der Waals surface area (Å²) >= 11 is 3.29. The molecule has 0 fully saturated rings. The van der Waals surface area contributed by atoms with Gasteiger partial charge in [-0.25, -0.2) is 0 Å². The number of hydrogen-bond acceptors (Lipinski definition) is 2. The molecule has 1 aromatic heterocycles. The van der Waals surface area contributed by atoms with Gasteiger partial charge in [0.1, 0.15) is 5.56 Å². The van der Waals surface area contributed by atoms with Crippen LogP contribution in [-0.2, 0) is 0 Å². The van der Waals surface area contributed by atoms with Crippen molar-refractivity contribution in [3.05, 3.63) is 34.2 Å². The molecule has 0 bridgehead atoms. The summed E-state index contributed by atoms with van der Waals surface area (Å²) < 4.78 is 0. The monoisotopic (exact) mass is 272 g/mol. The standard InChI is InChI=1S/C10H13BrN2O2/c1-10(2,6-11)13-9(15)7-5-12-4-3-8(7)14/h3-5H,6H2,1-2H3,(H,12,14)(H,13,15). The van der Waals surface area contributed by atoms with Crippen molar-refractivity contribution in [3.8, 4) is 0 Å². The molecule has 0 aromatic carbocycles. The number of alkyl halides is 1. The minimum absolute atomic E-state index is 0.131. The Labute approximate surface area is 96.2 Å². The molecule has 0 aliphatic heterocycles. The minimum Gasteiger partial charge on any atom is -0.367 e. The Kier molecular flexibility index (Phi) is 3.68. The van der Waals surface area contributed by atoms with E-state index in [0.29, 0.717) is 5.33 Å². The van der Waals surface area contributed by atoms with Crippen LogP contribution in [0.2, 0.25) is 0 Å². The highest BCUT2D eigenvalue weighted by Gasteiger charge is 2.20. The van der Waals surface area contributed by atoms with Gasteiger partial charge in [-0.3, -0.25) is 9.59 Å². The first-order chi connectivity index (χ1) is 6.96. The van der Waals surface area contributed by atoms with Crippen molar-refractivity contribution < 1.29 is 4.79 Å². The van der Waals surface area contributed by atoms with Gasteiger partial charge in [-0.05, 0) is 13.8 Å². The fourth-order valence-electron chi connectivity index (χ4n) is 1.00. The van der Waals surface area contributed by atoms with Gasteiger partial charge in [-0.15, -0.1) is 0 Å². The van der Waals surface area contributed by atoms with Gasteiger partial charge >= 0.3 is 0 Å². The van der Waals surface area contributed by atoms with Crippen LogP contribution in [0.5, 0.6) is 0 Å². The molecule has 0 spiro atoms. The zero-order chi connectivity index (χ0) is 11.5. The number of carbonyl (C=O) groups is 1. The Hall–Kier alpha value is -1.10. The molecule has 82 valence electrons. The van der Waals surface area contributed by atoms with Gasteiger partial charge in [0.25, 0.3) is 5.91 Å². The average Bonchev–Trinajstić information content (AvgIpc) is 2.17. The lowest BCUT2D eigenvalue weighted by molar-refractivity contribution is 0.0920. The summed E-state index contributed by atoms with van der Waals surface area (Å²) in [5, 5.41) is 3.38. The highest BCUT2D eigenvalue weighted by atomic mass is 79.9. The fourth-order valence-corrected chi connectivity index (χ4v) is 1.14. The third-order valence-corrected chi connectivity index (χ3v) is 3.26. The molecule has 0 atom stereocenters. The smallest absolute Gasteiger partial charge is 0.257 e. The number of carbonyl (C=O) groups excluding carboxylic acids is 1. The molecular weight excluding hydrogens is 260 g/mol. The number of aromatic nitrogens is 1. The summed E-state index contributed by atoms with van der Waals surface area (Å²) in [6, 6.07) is 1.33. The molecule has 1 amide bonds. The van der Waals surface area contributed by atoms with Crippen molar-refractivity contribution in [2.75, 3.05) is 5.33 Å². The highest BCUT2D eigenvalue weighted by Crippen LogP contribution is 2.06. The van der Waals surface area contributed by atoms with E-state index >= 15 is 0 Å². The summed E-state index contributed by atoms with van der Waals surface area (Å²) in [5.41, 5.74) is -0.525. The lowest BCUT2D eigenvalue weighted by Crippen LogP contribution is -2.46. The molecule has 0 saturated heterocycles. The molecule has 0 unspecified atom stereocenters. The van der Waals surface area contributed by atoms with Crippen molar-refractivity contribution in [1.82, 2.24) is 10.3 Å². The van der Waals surface area contributed by atoms with Crippen molar-refractivity contribution >= 4 is 21.8 Å². The number of amides is 1. The molecule has 1 rings (SSSR count). The topological polar surface area (TPSA) is 62.0 Å². The maximum Gasteiger partial charge on any atom is 0.257 e. The first-order valence-electron chi connectivity index (χ1n) is 4.52. The molecule has 15 heavy (non-hydrogen) atoms. The first kappa shape index (κ1) is 12.0. The van der Waals surface area contributed by atoms with Gasteiger partial charge in [0, 0.05) is 29.3 Å². The van der Waals surface area contributed by atoms with E-state index in [2.05, 4.69) is 26.2 Å². The molecule has 5 heteroatoms. The minimum atomic E-state index is -0.376. The SMILES string of the molecule is CC(C)(CBr)NC(=O)c1c[nH]ccc1=O. The van der Waals surface area contributed by atoms with Gasteiger partial charge in [0.15, 0.2) is 5.43 Å². The van der Waals surface area contributed by atoms with E-state index in [9.17, 15) is 9.59 Å². The van der Waals surface area contributed by atoms with Gasteiger partial charge < -0.3 is 10.3 Å². The fraction of sp³-hybridized carbons (Fsp3) is 0.400. The van der Waals surface area contributed by atoms with Crippen molar-refractivity contribution in [2.45, 2.75) is 19.4 Å². The maximum absolute atomic E-state index is 11.7. The van der Waals surface area contributed by atoms with E-state index in [-0.39, 0.29) is 22.4 Å². The highest BCUT2D eigenvalue weighted by molar-refractivity contribution is 9.09. The molecule has 2 N–H and O–H groups in total. The number of hydrogen-bond donors (Lipinski definition) is 2. The summed E-state index contributed by atoms with van der Waals surface area (Å²) in [6.45, 7) is 3.74. The number of rotatable bonds is 3. The second kappa shape index (κ2) is 4.61. The third-order valence-electron chi connectivity index (χ3n) is 1.85. The summed E-state index contributed by atoms with van der Waals surface area (Å²) in [4.78, 5) is 25.7. The van der Waals surface area contributed by atoms with Crippen LogP contribution in [-0.4, -0.2) is 21.8 Å². The van der Waals surface area contributed by atoms with E-state index in [1.807, 2.05) is 13.8 Å². The Balaban J connectivity index is 2.88. The predicted molar refractivity (Wildman–Crippen MR) is 62.4 cm³/mol. The zero-order valence-corrected chi connectivity index (χ0v) is 10.2. The van der Waals surface area contributed by atoms with Crippen LogP contribution < -0.4 is 10.7 Å². The second-order valence-corrected chi connectivity index (χ2v) is 4.45. The number of nitrogens with one attached hydrogen (secondary N) is 2. The number of halogens is 1. The Bertz CT molecular complexity index is 412. The van der Waals surface area contributed by atoms with Gasteiger partial charge in [0.2, 0.25) is 0 Å². The van der Waals surface area contributed by atoms with Gasteiger partial charge in [-0.2, -0.15) is 0 Å². The maximum atomic E-state index is 11.7. The normalized spacial score (nSPS) is 11.1. The Morgan fingerprint density at radius 1 is 1.60 bits per heavy atom. The first-order valence-corrected chi connectivity index (χ1v) is 5.64. The quantitative estimate of drug-likeness (QED) is 0.815. The average molecular weight is 273 g/mol. The molecule has 0 radical (unpaired) electrons. The summed E-state index contributed by atoms with van der Waals surface area (Å²) in [7, 11) is 0. The molecule has 1 aromatic rings. The lowest BCUT2D eigenvalue weighted by Gasteiger charge is -2.23. The molecule has 0 saturated carbocycles. The number of pyridine rings is 1.